The zero-order valence-electron chi connectivity index (χ0n) is 10.6. The zero-order valence-corrected chi connectivity index (χ0v) is 10.6. The molecule has 0 aliphatic carbocycles. The van der Waals surface area contributed by atoms with Gasteiger partial charge in [0, 0.05) is 12.3 Å². The Morgan fingerprint density at radius 2 is 2.33 bits per heavy atom. The number of hydrogen-bond donors (Lipinski definition) is 2. The summed E-state index contributed by atoms with van der Waals surface area (Å²) < 4.78 is 5.43. The first kappa shape index (κ1) is 12.8. The predicted molar refractivity (Wildman–Crippen MR) is 65.8 cm³/mol. The van der Waals surface area contributed by atoms with Crippen molar-refractivity contribution >= 4 is 11.9 Å². The molecule has 1 aromatic rings. The summed E-state index contributed by atoms with van der Waals surface area (Å²) in [6.07, 6.45) is 1.92. The maximum atomic E-state index is 10.9. The van der Waals surface area contributed by atoms with Gasteiger partial charge in [0.1, 0.15) is 0 Å². The highest BCUT2D eigenvalue weighted by Crippen LogP contribution is 2.22. The van der Waals surface area contributed by atoms with Crippen molar-refractivity contribution in [2.75, 3.05) is 18.5 Å². The third-order valence-corrected chi connectivity index (χ3v) is 2.92. The molecule has 6 nitrogen and oxygen atoms in total. The van der Waals surface area contributed by atoms with Gasteiger partial charge in [-0.1, -0.05) is 0 Å². The number of nitrogens with one attached hydrogen (secondary N) is 1. The maximum absolute atomic E-state index is 10.9. The molecular weight excluding hydrogens is 234 g/mol. The van der Waals surface area contributed by atoms with E-state index in [2.05, 4.69) is 15.3 Å². The predicted octanol–water partition coefficient (Wildman–Crippen LogP) is 1.46. The van der Waals surface area contributed by atoms with Crippen molar-refractivity contribution < 1.29 is 14.6 Å². The van der Waals surface area contributed by atoms with Crippen molar-refractivity contribution in [2.45, 2.75) is 32.2 Å². The number of aryl methyl sites for hydroxylation is 1. The quantitative estimate of drug-likeness (QED) is 0.846. The van der Waals surface area contributed by atoms with E-state index in [1.54, 1.807) is 6.92 Å². The third kappa shape index (κ3) is 2.95. The van der Waals surface area contributed by atoms with Crippen molar-refractivity contribution in [2.24, 2.45) is 0 Å². The maximum Gasteiger partial charge on any atom is 0.354 e. The van der Waals surface area contributed by atoms with Crippen LogP contribution in [0.25, 0.3) is 0 Å². The Bertz CT molecular complexity index is 456. The molecule has 0 amide bonds. The van der Waals surface area contributed by atoms with E-state index in [1.807, 2.05) is 6.92 Å². The fraction of sp³-hybridized carbons (Fsp3) is 0.583. The highest BCUT2D eigenvalue weighted by atomic mass is 16.5. The SMILES string of the molecule is Cc1cc(C(=O)O)nc(NC2(C)CCCOC2)n1. The van der Waals surface area contributed by atoms with Gasteiger partial charge in [-0.25, -0.2) is 14.8 Å². The summed E-state index contributed by atoms with van der Waals surface area (Å²) in [7, 11) is 0. The molecule has 6 heteroatoms. The molecule has 1 aromatic heterocycles. The van der Waals surface area contributed by atoms with Crippen molar-refractivity contribution in [3.8, 4) is 0 Å². The van der Waals surface area contributed by atoms with Gasteiger partial charge in [0.05, 0.1) is 12.1 Å². The Hall–Kier alpha value is -1.69. The van der Waals surface area contributed by atoms with Crippen LogP contribution in [0.1, 0.15) is 35.9 Å². The molecule has 1 aliphatic heterocycles. The number of carboxylic acids is 1. The Kier molecular flexibility index (Phi) is 3.47. The first-order chi connectivity index (χ1) is 8.48. The summed E-state index contributed by atoms with van der Waals surface area (Å²) >= 11 is 0. The number of carbonyl (C=O) groups is 1. The first-order valence-corrected chi connectivity index (χ1v) is 5.93. The van der Waals surface area contributed by atoms with E-state index < -0.39 is 5.97 Å². The minimum atomic E-state index is -1.05. The summed E-state index contributed by atoms with van der Waals surface area (Å²) in [5.74, 6) is -0.700. The lowest BCUT2D eigenvalue weighted by molar-refractivity contribution is 0.0537. The molecule has 2 rings (SSSR count). The van der Waals surface area contributed by atoms with Gasteiger partial charge in [0.25, 0.3) is 0 Å². The molecule has 2 heterocycles. The summed E-state index contributed by atoms with van der Waals surface area (Å²) in [5, 5.41) is 12.1. The van der Waals surface area contributed by atoms with Crippen molar-refractivity contribution in [3.63, 3.8) is 0 Å². The van der Waals surface area contributed by atoms with Crippen LogP contribution in [-0.2, 0) is 4.74 Å². The number of aromatic carboxylic acids is 1. The highest BCUT2D eigenvalue weighted by Gasteiger charge is 2.28. The number of ether oxygens (including phenoxy) is 1. The Morgan fingerprint density at radius 1 is 1.56 bits per heavy atom. The monoisotopic (exact) mass is 251 g/mol. The number of aromatic nitrogens is 2. The lowest BCUT2D eigenvalue weighted by Crippen LogP contribution is -2.43. The molecule has 18 heavy (non-hydrogen) atoms. The minimum absolute atomic E-state index is 0.00493. The van der Waals surface area contributed by atoms with Gasteiger partial charge in [-0.15, -0.1) is 0 Å². The van der Waals surface area contributed by atoms with Crippen LogP contribution in [0.4, 0.5) is 5.95 Å². The van der Waals surface area contributed by atoms with Crippen LogP contribution in [0, 0.1) is 6.92 Å². The first-order valence-electron chi connectivity index (χ1n) is 5.93. The second-order valence-electron chi connectivity index (χ2n) is 4.87. The van der Waals surface area contributed by atoms with Gasteiger partial charge < -0.3 is 15.2 Å². The minimum Gasteiger partial charge on any atom is -0.477 e. The van der Waals surface area contributed by atoms with Gasteiger partial charge in [-0.3, -0.25) is 0 Å². The standard InChI is InChI=1S/C12H17N3O3/c1-8-6-9(10(16)17)14-11(13-8)15-12(2)4-3-5-18-7-12/h6H,3-5,7H2,1-2H3,(H,16,17)(H,13,14,15). The number of anilines is 1. The number of carboxylic acid groups (broad SMARTS) is 1. The van der Waals surface area contributed by atoms with E-state index in [-0.39, 0.29) is 11.2 Å². The average molecular weight is 251 g/mol. The lowest BCUT2D eigenvalue weighted by atomic mass is 9.95. The highest BCUT2D eigenvalue weighted by molar-refractivity contribution is 5.85. The molecule has 0 radical (unpaired) electrons. The smallest absolute Gasteiger partial charge is 0.354 e. The molecule has 0 saturated carbocycles. The summed E-state index contributed by atoms with van der Waals surface area (Å²) in [6, 6.07) is 1.45. The second kappa shape index (κ2) is 4.89. The second-order valence-corrected chi connectivity index (χ2v) is 4.87. The molecule has 1 saturated heterocycles. The lowest BCUT2D eigenvalue weighted by Gasteiger charge is -2.34. The molecule has 0 bridgehead atoms. The molecule has 1 atom stereocenters. The van der Waals surface area contributed by atoms with E-state index in [9.17, 15) is 4.79 Å². The van der Waals surface area contributed by atoms with Gasteiger partial charge in [-0.2, -0.15) is 0 Å². The summed E-state index contributed by atoms with van der Waals surface area (Å²) in [6.45, 7) is 5.12. The molecule has 1 unspecified atom stereocenters. The number of rotatable bonds is 3. The fourth-order valence-corrected chi connectivity index (χ4v) is 2.04. The Balaban J connectivity index is 2.20. The number of nitrogens with zero attached hydrogens (tertiary/aromatic N) is 2. The molecule has 0 aromatic carbocycles. The number of hydrogen-bond acceptors (Lipinski definition) is 5. The summed E-state index contributed by atoms with van der Waals surface area (Å²) in [5.41, 5.74) is 0.400. The van der Waals surface area contributed by atoms with Crippen LogP contribution in [0.3, 0.4) is 0 Å². The average Bonchev–Trinajstić information content (AvgIpc) is 2.28. The van der Waals surface area contributed by atoms with Crippen LogP contribution in [0.15, 0.2) is 6.07 Å². The van der Waals surface area contributed by atoms with Crippen LogP contribution in [0.2, 0.25) is 0 Å². The van der Waals surface area contributed by atoms with E-state index in [0.717, 1.165) is 19.4 Å². The summed E-state index contributed by atoms with van der Waals surface area (Å²) in [4.78, 5) is 19.1. The molecule has 1 fully saturated rings. The Morgan fingerprint density at radius 3 is 2.94 bits per heavy atom. The zero-order chi connectivity index (χ0) is 13.2. The van der Waals surface area contributed by atoms with E-state index in [1.165, 1.54) is 6.07 Å². The molecule has 0 spiro atoms. The van der Waals surface area contributed by atoms with Gasteiger partial charge in [0.15, 0.2) is 5.69 Å². The molecule has 98 valence electrons. The van der Waals surface area contributed by atoms with Crippen molar-refractivity contribution in [3.05, 3.63) is 17.5 Å². The molecule has 1 aliphatic rings. The Labute approximate surface area is 105 Å². The molecular formula is C12H17N3O3. The van der Waals surface area contributed by atoms with E-state index in [0.29, 0.717) is 18.2 Å². The third-order valence-electron chi connectivity index (χ3n) is 2.92. The fourth-order valence-electron chi connectivity index (χ4n) is 2.04. The normalized spacial score (nSPS) is 23.7. The van der Waals surface area contributed by atoms with Crippen LogP contribution < -0.4 is 5.32 Å². The molecule has 2 N–H and O–H groups in total. The van der Waals surface area contributed by atoms with E-state index >= 15 is 0 Å². The topological polar surface area (TPSA) is 84.3 Å². The largest absolute Gasteiger partial charge is 0.477 e. The van der Waals surface area contributed by atoms with Gasteiger partial charge in [-0.05, 0) is 32.8 Å². The van der Waals surface area contributed by atoms with Crippen LogP contribution in [0.5, 0.6) is 0 Å². The van der Waals surface area contributed by atoms with Crippen molar-refractivity contribution in [1.29, 1.82) is 0 Å². The van der Waals surface area contributed by atoms with E-state index in [4.69, 9.17) is 9.84 Å². The van der Waals surface area contributed by atoms with Crippen molar-refractivity contribution in [1.82, 2.24) is 9.97 Å². The van der Waals surface area contributed by atoms with Gasteiger partial charge >= 0.3 is 5.97 Å². The van der Waals surface area contributed by atoms with Gasteiger partial charge in [0.2, 0.25) is 5.95 Å². The van der Waals surface area contributed by atoms with Crippen LogP contribution in [-0.4, -0.2) is 39.8 Å². The van der Waals surface area contributed by atoms with Crippen LogP contribution >= 0.6 is 0 Å².